The van der Waals surface area contributed by atoms with Gasteiger partial charge in [0.15, 0.2) is 4.80 Å². The summed E-state index contributed by atoms with van der Waals surface area (Å²) in [6, 6.07) is 0. The van der Waals surface area contributed by atoms with Crippen LogP contribution in [0.2, 0.25) is 4.34 Å². The van der Waals surface area contributed by atoms with E-state index in [1.54, 1.807) is 0 Å². The molecule has 2 N–H and O–H groups in total. The summed E-state index contributed by atoms with van der Waals surface area (Å²) in [6.45, 7) is -0.206. The van der Waals surface area contributed by atoms with Crippen LogP contribution in [0, 0.1) is 5.41 Å². The van der Waals surface area contributed by atoms with E-state index in [4.69, 9.17) is 22.1 Å². The molecule has 0 spiro atoms. The molecule has 0 fully saturated rings. The van der Waals surface area contributed by atoms with Crippen molar-refractivity contribution in [2.45, 2.75) is 6.54 Å². The Labute approximate surface area is 87.7 Å². The van der Waals surface area contributed by atoms with E-state index in [1.165, 1.54) is 10.8 Å². The first-order valence-electron chi connectivity index (χ1n) is 2.72. The maximum atomic E-state index is 10.2. The summed E-state index contributed by atoms with van der Waals surface area (Å²) in [7, 11) is 0. The number of hydrogen-bond donors (Lipinski definition) is 2. The molecular weight excluding hydrogens is 267 g/mol. The van der Waals surface area contributed by atoms with Gasteiger partial charge in [0.25, 0.3) is 0 Å². The third-order valence-electron chi connectivity index (χ3n) is 1.02. The average molecular weight is 274 g/mol. The summed E-state index contributed by atoms with van der Waals surface area (Å²) in [4.78, 5) is 10.3. The largest absolute Gasteiger partial charge is 0.480 e. The van der Waals surface area contributed by atoms with Gasteiger partial charge in [0.1, 0.15) is 10.9 Å². The summed E-state index contributed by atoms with van der Waals surface area (Å²) in [5.74, 6) is -0.974. The molecule has 0 saturated carbocycles. The summed E-state index contributed by atoms with van der Waals surface area (Å²) >= 11 is 6.58. The lowest BCUT2D eigenvalue weighted by Crippen LogP contribution is -2.17. The van der Waals surface area contributed by atoms with E-state index < -0.39 is 5.97 Å². The number of aromatic nitrogens is 1. The van der Waals surface area contributed by atoms with Crippen LogP contribution in [0.25, 0.3) is 0 Å². The number of nitrogens with one attached hydrogen (secondary N) is 1. The highest BCUT2D eigenvalue weighted by atomic mass is 79.9. The number of aliphatic carboxylic acids is 1. The number of nitrogens with zero attached hydrogens (tertiary/aromatic N) is 1. The highest BCUT2D eigenvalue weighted by Crippen LogP contribution is 2.09. The van der Waals surface area contributed by atoms with Crippen LogP contribution in [0.15, 0.2) is 6.20 Å². The fourth-order valence-corrected chi connectivity index (χ4v) is 1.56. The second-order valence-corrected chi connectivity index (χ2v) is 3.52. The zero-order valence-electron chi connectivity index (χ0n) is 5.78. The van der Waals surface area contributed by atoms with Crippen LogP contribution < -0.4 is 4.80 Å². The molecule has 68 valence electrons. The topological polar surface area (TPSA) is 66.1 Å². The van der Waals surface area contributed by atoms with Gasteiger partial charge in [0, 0.05) is 6.20 Å². The van der Waals surface area contributed by atoms with Crippen LogP contribution in [-0.4, -0.2) is 15.6 Å². The number of halogens is 2. The lowest BCUT2D eigenvalue weighted by Gasteiger charge is -1.93. The first-order valence-corrected chi connectivity index (χ1v) is 3.91. The second kappa shape index (κ2) is 4.64. The van der Waals surface area contributed by atoms with E-state index in [9.17, 15) is 4.79 Å². The van der Waals surface area contributed by atoms with Crippen molar-refractivity contribution >= 4 is 45.9 Å². The van der Waals surface area contributed by atoms with Crippen LogP contribution in [0.5, 0.6) is 0 Å². The van der Waals surface area contributed by atoms with Gasteiger partial charge in [-0.05, 0) is 0 Å². The monoisotopic (exact) mass is 272 g/mol. The Morgan fingerprint density at radius 3 is 2.75 bits per heavy atom. The minimum atomic E-state index is -0.974. The molecule has 1 rings (SSSR count). The van der Waals surface area contributed by atoms with Crippen molar-refractivity contribution in [1.29, 1.82) is 5.41 Å². The number of hydrogen-bond acceptors (Lipinski definition) is 3. The van der Waals surface area contributed by atoms with Crippen molar-refractivity contribution in [3.05, 3.63) is 15.3 Å². The van der Waals surface area contributed by atoms with Gasteiger partial charge in [-0.3, -0.25) is 10.2 Å². The number of rotatable bonds is 2. The molecule has 1 aromatic rings. The number of carboxylic acid groups (broad SMARTS) is 1. The predicted octanol–water partition coefficient (Wildman–Crippen LogP) is 1.34. The number of thiazole rings is 1. The normalized spacial score (nSPS) is 9.08. The molecule has 0 unspecified atom stereocenters. The van der Waals surface area contributed by atoms with Gasteiger partial charge in [-0.25, -0.2) is 0 Å². The molecule has 0 radical (unpaired) electrons. The van der Waals surface area contributed by atoms with Gasteiger partial charge >= 0.3 is 5.97 Å². The third-order valence-corrected chi connectivity index (χ3v) is 2.08. The van der Waals surface area contributed by atoms with Gasteiger partial charge in [0.2, 0.25) is 0 Å². The minimum Gasteiger partial charge on any atom is -0.480 e. The van der Waals surface area contributed by atoms with Crippen LogP contribution in [-0.2, 0) is 11.3 Å². The van der Waals surface area contributed by atoms with Crippen LogP contribution in [0.4, 0.5) is 0 Å². The molecule has 1 heterocycles. The zero-order valence-corrected chi connectivity index (χ0v) is 9.07. The molecule has 0 amide bonds. The fourth-order valence-electron chi connectivity index (χ4n) is 0.622. The molecule has 12 heavy (non-hydrogen) atoms. The third kappa shape index (κ3) is 2.96. The van der Waals surface area contributed by atoms with E-state index in [0.29, 0.717) is 4.34 Å². The second-order valence-electron chi connectivity index (χ2n) is 1.86. The molecule has 1 aromatic heterocycles. The predicted molar refractivity (Wildman–Crippen MR) is 51.1 cm³/mol. The van der Waals surface area contributed by atoms with Crippen molar-refractivity contribution in [3.8, 4) is 0 Å². The molecule has 4 nitrogen and oxygen atoms in total. The molecule has 0 aliphatic heterocycles. The summed E-state index contributed by atoms with van der Waals surface area (Å²) < 4.78 is 1.70. The Balaban J connectivity index is 0.00000121. The summed E-state index contributed by atoms with van der Waals surface area (Å²) in [6.07, 6.45) is 1.43. The van der Waals surface area contributed by atoms with Crippen molar-refractivity contribution < 1.29 is 9.90 Å². The Kier molecular flexibility index (Phi) is 4.51. The maximum Gasteiger partial charge on any atom is 0.323 e. The Morgan fingerprint density at radius 1 is 1.83 bits per heavy atom. The molecule has 7 heteroatoms. The van der Waals surface area contributed by atoms with Gasteiger partial charge in [-0.15, -0.1) is 17.0 Å². The first kappa shape index (κ1) is 11.7. The van der Waals surface area contributed by atoms with Crippen molar-refractivity contribution in [2.24, 2.45) is 0 Å². The smallest absolute Gasteiger partial charge is 0.323 e. The van der Waals surface area contributed by atoms with Gasteiger partial charge in [-0.1, -0.05) is 22.9 Å². The molecule has 0 saturated heterocycles. The van der Waals surface area contributed by atoms with Crippen molar-refractivity contribution in [3.63, 3.8) is 0 Å². The fraction of sp³-hybridized carbons (Fsp3) is 0.200. The Hall–Kier alpha value is -0.330. The summed E-state index contributed by atoms with van der Waals surface area (Å²) in [5, 5.41) is 15.6. The maximum absolute atomic E-state index is 10.2. The van der Waals surface area contributed by atoms with E-state index in [0.717, 1.165) is 11.3 Å². The Bertz CT molecular complexity index is 334. The van der Waals surface area contributed by atoms with Crippen LogP contribution >= 0.6 is 39.9 Å². The number of carbonyl (C=O) groups is 1. The van der Waals surface area contributed by atoms with E-state index in [2.05, 4.69) is 0 Å². The lowest BCUT2D eigenvalue weighted by atomic mass is 10.6. The molecule has 0 atom stereocenters. The highest BCUT2D eigenvalue weighted by molar-refractivity contribution is 8.93. The van der Waals surface area contributed by atoms with Crippen molar-refractivity contribution in [1.82, 2.24) is 4.57 Å². The lowest BCUT2D eigenvalue weighted by molar-refractivity contribution is -0.137. The van der Waals surface area contributed by atoms with E-state index in [1.807, 2.05) is 0 Å². The summed E-state index contributed by atoms with van der Waals surface area (Å²) in [5.41, 5.74) is 0. The zero-order chi connectivity index (χ0) is 8.43. The quantitative estimate of drug-likeness (QED) is 0.854. The SMILES string of the molecule is Br.N=c1sc(Cl)cn1CC(=O)O. The molecular formula is C5H6BrClN2O2S. The molecule has 0 aliphatic carbocycles. The highest BCUT2D eigenvalue weighted by Gasteiger charge is 2.02. The van der Waals surface area contributed by atoms with Gasteiger partial charge in [0.05, 0.1) is 0 Å². The van der Waals surface area contributed by atoms with Crippen LogP contribution in [0.1, 0.15) is 0 Å². The number of carboxylic acids is 1. The van der Waals surface area contributed by atoms with Crippen molar-refractivity contribution in [2.75, 3.05) is 0 Å². The van der Waals surface area contributed by atoms with Crippen LogP contribution in [0.3, 0.4) is 0 Å². The molecule has 0 aliphatic rings. The standard InChI is InChI=1S/C5H5ClN2O2S.BrH/c6-3-1-8(2-4(9)10)5(7)11-3;/h1,7H,2H2,(H,9,10);1H. The minimum absolute atomic E-state index is 0. The molecule has 0 bridgehead atoms. The first-order chi connectivity index (χ1) is 5.09. The molecule has 0 aromatic carbocycles. The van der Waals surface area contributed by atoms with E-state index in [-0.39, 0.29) is 28.3 Å². The van der Waals surface area contributed by atoms with Gasteiger partial charge in [-0.2, -0.15) is 0 Å². The van der Waals surface area contributed by atoms with E-state index >= 15 is 0 Å². The van der Waals surface area contributed by atoms with Gasteiger partial charge < -0.3 is 9.67 Å². The average Bonchev–Trinajstić information content (AvgIpc) is 2.09. The Morgan fingerprint density at radius 2 is 2.42 bits per heavy atom.